The van der Waals surface area contributed by atoms with Crippen LogP contribution in [0.25, 0.3) is 0 Å². The fraction of sp³-hybridized carbons (Fsp3) is 0.538. The number of aliphatic hydroxyl groups excluding tert-OH is 1. The molecule has 0 saturated carbocycles. The number of anilines is 1. The Hall–Kier alpha value is -0.580. The van der Waals surface area contributed by atoms with Crippen molar-refractivity contribution in [3.63, 3.8) is 0 Å². The summed E-state index contributed by atoms with van der Waals surface area (Å²) in [5.74, 6) is 0. The van der Waals surface area contributed by atoms with Gasteiger partial charge in [-0.25, -0.2) is 0 Å². The van der Waals surface area contributed by atoms with Crippen molar-refractivity contribution in [2.24, 2.45) is 0 Å². The molecule has 3 nitrogen and oxygen atoms in total. The Labute approximate surface area is 111 Å². The van der Waals surface area contributed by atoms with Gasteiger partial charge in [-0.3, -0.25) is 0 Å². The number of benzene rings is 1. The Balaban J connectivity index is 2.32. The lowest BCUT2D eigenvalue weighted by Crippen LogP contribution is -2.24. The van der Waals surface area contributed by atoms with Crippen molar-refractivity contribution in [1.82, 2.24) is 5.32 Å². The maximum Gasteiger partial charge on any atom is 0.0731 e. The molecule has 0 aromatic heterocycles. The van der Waals surface area contributed by atoms with Crippen molar-refractivity contribution in [3.05, 3.63) is 28.2 Å². The molecule has 0 spiro atoms. The maximum absolute atomic E-state index is 9.64. The van der Waals surface area contributed by atoms with Crippen LogP contribution < -0.4 is 10.2 Å². The highest BCUT2D eigenvalue weighted by molar-refractivity contribution is 9.10. The number of halogens is 1. The summed E-state index contributed by atoms with van der Waals surface area (Å²) in [6, 6.07) is 6.65. The maximum atomic E-state index is 9.64. The van der Waals surface area contributed by atoms with E-state index in [4.69, 9.17) is 0 Å². The number of aliphatic hydroxyl groups is 1. The Morgan fingerprint density at radius 1 is 1.53 bits per heavy atom. The predicted molar refractivity (Wildman–Crippen MR) is 74.5 cm³/mol. The van der Waals surface area contributed by atoms with E-state index >= 15 is 0 Å². The molecule has 2 rings (SSSR count). The van der Waals surface area contributed by atoms with E-state index in [1.54, 1.807) is 0 Å². The second kappa shape index (κ2) is 5.38. The molecule has 17 heavy (non-hydrogen) atoms. The first-order valence-corrected chi connectivity index (χ1v) is 6.81. The van der Waals surface area contributed by atoms with Crippen LogP contribution in [0.4, 0.5) is 5.69 Å². The molecule has 1 saturated heterocycles. The summed E-state index contributed by atoms with van der Waals surface area (Å²) in [6.45, 7) is 3.83. The average Bonchev–Trinajstić information content (AvgIpc) is 2.74. The second-order valence-corrected chi connectivity index (χ2v) is 5.52. The molecule has 94 valence electrons. The number of nitrogens with one attached hydrogen (secondary N) is 1. The Morgan fingerprint density at radius 2 is 2.29 bits per heavy atom. The average molecular weight is 299 g/mol. The predicted octanol–water partition coefficient (Wildman–Crippen LogP) is 2.30. The number of rotatable bonds is 3. The van der Waals surface area contributed by atoms with E-state index in [2.05, 4.69) is 51.3 Å². The lowest BCUT2D eigenvalue weighted by Gasteiger charge is -2.24. The standard InChI is InChI=1S/C13H19BrN2O/c1-9(15-2)12-7-10(14)3-4-13(12)16-6-5-11(17)8-16/h3-4,7,9,11,15,17H,5-6,8H2,1-2H3. The molecular weight excluding hydrogens is 280 g/mol. The van der Waals surface area contributed by atoms with Crippen LogP contribution in [0.15, 0.2) is 22.7 Å². The third-order valence-corrected chi connectivity index (χ3v) is 3.89. The number of nitrogens with zero attached hydrogens (tertiary/aromatic N) is 1. The first-order valence-electron chi connectivity index (χ1n) is 6.01. The number of hydrogen-bond donors (Lipinski definition) is 2. The van der Waals surface area contributed by atoms with Crippen LogP contribution in [-0.4, -0.2) is 31.3 Å². The van der Waals surface area contributed by atoms with E-state index in [1.807, 2.05) is 7.05 Å². The summed E-state index contributed by atoms with van der Waals surface area (Å²) in [5.41, 5.74) is 2.50. The van der Waals surface area contributed by atoms with Crippen molar-refractivity contribution in [2.45, 2.75) is 25.5 Å². The van der Waals surface area contributed by atoms with Crippen LogP contribution in [0, 0.1) is 0 Å². The van der Waals surface area contributed by atoms with Gasteiger partial charge in [0.05, 0.1) is 6.10 Å². The molecule has 1 aliphatic heterocycles. The summed E-state index contributed by atoms with van der Waals surface area (Å²) >= 11 is 3.52. The fourth-order valence-electron chi connectivity index (χ4n) is 2.28. The highest BCUT2D eigenvalue weighted by atomic mass is 79.9. The van der Waals surface area contributed by atoms with Gasteiger partial charge in [-0.2, -0.15) is 0 Å². The fourth-order valence-corrected chi connectivity index (χ4v) is 2.66. The summed E-state index contributed by atoms with van der Waals surface area (Å²) in [6.07, 6.45) is 0.681. The van der Waals surface area contributed by atoms with Crippen LogP contribution in [0.5, 0.6) is 0 Å². The van der Waals surface area contributed by atoms with E-state index in [0.29, 0.717) is 6.04 Å². The molecule has 0 amide bonds. The van der Waals surface area contributed by atoms with Crippen molar-refractivity contribution in [1.29, 1.82) is 0 Å². The molecular formula is C13H19BrN2O. The van der Waals surface area contributed by atoms with Gasteiger partial charge in [-0.05, 0) is 44.2 Å². The van der Waals surface area contributed by atoms with Crippen LogP contribution >= 0.6 is 15.9 Å². The molecule has 1 aliphatic rings. The van der Waals surface area contributed by atoms with Crippen molar-refractivity contribution >= 4 is 21.6 Å². The van der Waals surface area contributed by atoms with Crippen LogP contribution in [0.3, 0.4) is 0 Å². The van der Waals surface area contributed by atoms with Crippen molar-refractivity contribution in [3.8, 4) is 0 Å². The highest BCUT2D eigenvalue weighted by Crippen LogP contribution is 2.31. The van der Waals surface area contributed by atoms with E-state index < -0.39 is 0 Å². The van der Waals surface area contributed by atoms with Gasteiger partial charge in [0.25, 0.3) is 0 Å². The summed E-state index contributed by atoms with van der Waals surface area (Å²) < 4.78 is 1.10. The summed E-state index contributed by atoms with van der Waals surface area (Å²) in [5, 5.41) is 12.9. The van der Waals surface area contributed by atoms with Gasteiger partial charge in [0, 0.05) is 29.3 Å². The van der Waals surface area contributed by atoms with Crippen LogP contribution in [-0.2, 0) is 0 Å². The molecule has 2 N–H and O–H groups in total. The molecule has 1 heterocycles. The van der Waals surface area contributed by atoms with E-state index in [1.165, 1.54) is 11.3 Å². The lowest BCUT2D eigenvalue weighted by atomic mass is 10.1. The topological polar surface area (TPSA) is 35.5 Å². The van der Waals surface area contributed by atoms with Gasteiger partial charge in [-0.15, -0.1) is 0 Å². The molecule has 2 unspecified atom stereocenters. The van der Waals surface area contributed by atoms with Crippen LogP contribution in [0.2, 0.25) is 0 Å². The van der Waals surface area contributed by atoms with Crippen molar-refractivity contribution in [2.75, 3.05) is 25.0 Å². The van der Waals surface area contributed by atoms with Crippen molar-refractivity contribution < 1.29 is 5.11 Å². The smallest absolute Gasteiger partial charge is 0.0731 e. The quantitative estimate of drug-likeness (QED) is 0.899. The van der Waals surface area contributed by atoms with Gasteiger partial charge in [0.1, 0.15) is 0 Å². The molecule has 0 bridgehead atoms. The van der Waals surface area contributed by atoms with E-state index in [9.17, 15) is 5.11 Å². The second-order valence-electron chi connectivity index (χ2n) is 4.60. The highest BCUT2D eigenvalue weighted by Gasteiger charge is 2.23. The molecule has 1 aromatic rings. The third kappa shape index (κ3) is 2.81. The zero-order valence-corrected chi connectivity index (χ0v) is 11.9. The molecule has 2 atom stereocenters. The van der Waals surface area contributed by atoms with E-state index in [-0.39, 0.29) is 6.10 Å². The number of β-amino-alcohol motifs (C(OH)–C–C–N with tert-alkyl or cyclic N) is 1. The normalized spacial score (nSPS) is 21.9. The molecule has 0 radical (unpaired) electrons. The van der Waals surface area contributed by atoms with Gasteiger partial charge < -0.3 is 15.3 Å². The zero-order chi connectivity index (χ0) is 12.4. The van der Waals surface area contributed by atoms with E-state index in [0.717, 1.165) is 24.0 Å². The molecule has 4 heteroatoms. The van der Waals surface area contributed by atoms with Gasteiger partial charge in [0.2, 0.25) is 0 Å². The van der Waals surface area contributed by atoms with Gasteiger partial charge in [-0.1, -0.05) is 15.9 Å². The van der Waals surface area contributed by atoms with Gasteiger partial charge in [0.15, 0.2) is 0 Å². The molecule has 0 aliphatic carbocycles. The molecule has 1 fully saturated rings. The lowest BCUT2D eigenvalue weighted by molar-refractivity contribution is 0.198. The minimum absolute atomic E-state index is 0.184. The third-order valence-electron chi connectivity index (χ3n) is 3.39. The molecule has 1 aromatic carbocycles. The Bertz CT molecular complexity index is 397. The Kier molecular flexibility index (Phi) is 4.07. The minimum atomic E-state index is -0.184. The summed E-state index contributed by atoms with van der Waals surface area (Å²) in [4.78, 5) is 2.26. The monoisotopic (exact) mass is 298 g/mol. The Morgan fingerprint density at radius 3 is 2.88 bits per heavy atom. The first-order chi connectivity index (χ1) is 8.11. The number of hydrogen-bond acceptors (Lipinski definition) is 3. The minimum Gasteiger partial charge on any atom is -0.391 e. The first kappa shape index (κ1) is 12.9. The van der Waals surface area contributed by atoms with Gasteiger partial charge >= 0.3 is 0 Å². The largest absolute Gasteiger partial charge is 0.391 e. The summed E-state index contributed by atoms with van der Waals surface area (Å²) in [7, 11) is 1.97. The zero-order valence-electron chi connectivity index (χ0n) is 10.3. The SMILES string of the molecule is CNC(C)c1cc(Br)ccc1N1CCC(O)C1. The van der Waals surface area contributed by atoms with Crippen LogP contribution in [0.1, 0.15) is 24.9 Å².